The highest BCUT2D eigenvalue weighted by Crippen LogP contribution is 2.14. The van der Waals surface area contributed by atoms with Crippen molar-refractivity contribution in [2.24, 2.45) is 7.05 Å². The van der Waals surface area contributed by atoms with Crippen molar-refractivity contribution >= 4 is 17.7 Å². The molecule has 0 fully saturated rings. The van der Waals surface area contributed by atoms with E-state index in [4.69, 9.17) is 0 Å². The van der Waals surface area contributed by atoms with Crippen LogP contribution in [0.2, 0.25) is 0 Å². The van der Waals surface area contributed by atoms with E-state index in [1.165, 1.54) is 7.11 Å². The summed E-state index contributed by atoms with van der Waals surface area (Å²) in [6, 6.07) is 8.24. The molecular formula is C14H15N3O3. The van der Waals surface area contributed by atoms with Crippen LogP contribution in [-0.2, 0) is 11.8 Å². The highest BCUT2D eigenvalue weighted by atomic mass is 16.5. The van der Waals surface area contributed by atoms with Crippen molar-refractivity contribution in [2.75, 3.05) is 12.4 Å². The average Bonchev–Trinajstić information content (AvgIpc) is 2.76. The summed E-state index contributed by atoms with van der Waals surface area (Å²) >= 11 is 0. The van der Waals surface area contributed by atoms with Gasteiger partial charge in [-0.1, -0.05) is 12.1 Å². The number of aryl methyl sites for hydroxylation is 2. The Hall–Kier alpha value is -2.63. The van der Waals surface area contributed by atoms with E-state index in [1.54, 1.807) is 42.1 Å². The zero-order chi connectivity index (χ0) is 14.7. The number of ether oxygens (including phenoxy) is 1. The van der Waals surface area contributed by atoms with Gasteiger partial charge in [-0.3, -0.25) is 9.48 Å². The third-order valence-corrected chi connectivity index (χ3v) is 2.82. The van der Waals surface area contributed by atoms with Crippen LogP contribution in [-0.4, -0.2) is 28.8 Å². The molecule has 0 radical (unpaired) electrons. The number of esters is 1. The molecule has 1 N–H and O–H groups in total. The molecule has 0 aliphatic carbocycles. The van der Waals surface area contributed by atoms with Crippen LogP contribution in [0, 0.1) is 6.92 Å². The van der Waals surface area contributed by atoms with Gasteiger partial charge >= 0.3 is 5.97 Å². The molecule has 0 spiro atoms. The summed E-state index contributed by atoms with van der Waals surface area (Å²) in [5, 5.41) is 6.86. The van der Waals surface area contributed by atoms with Gasteiger partial charge in [-0.05, 0) is 19.1 Å². The van der Waals surface area contributed by atoms with Gasteiger partial charge in [0.25, 0.3) is 5.91 Å². The zero-order valence-corrected chi connectivity index (χ0v) is 11.5. The topological polar surface area (TPSA) is 73.2 Å². The van der Waals surface area contributed by atoms with Crippen molar-refractivity contribution < 1.29 is 14.3 Å². The standard InChI is InChI=1S/C14H15N3O3/c1-9-8-12(17(2)16-9)15-13(18)10-6-4-5-7-11(10)14(19)20-3/h4-8H,1-3H3,(H,15,18). The second-order valence-electron chi connectivity index (χ2n) is 4.29. The number of methoxy groups -OCH3 is 1. The Morgan fingerprint density at radius 2 is 1.90 bits per heavy atom. The maximum atomic E-state index is 12.3. The van der Waals surface area contributed by atoms with Crippen LogP contribution in [0.4, 0.5) is 5.82 Å². The fourth-order valence-corrected chi connectivity index (χ4v) is 1.88. The summed E-state index contributed by atoms with van der Waals surface area (Å²) in [6.45, 7) is 1.83. The lowest BCUT2D eigenvalue weighted by Gasteiger charge is -2.08. The van der Waals surface area contributed by atoms with Crippen LogP contribution in [0.1, 0.15) is 26.4 Å². The maximum absolute atomic E-state index is 12.3. The largest absolute Gasteiger partial charge is 0.465 e. The number of hydrogen-bond donors (Lipinski definition) is 1. The van der Waals surface area contributed by atoms with E-state index in [-0.39, 0.29) is 17.0 Å². The smallest absolute Gasteiger partial charge is 0.338 e. The normalized spacial score (nSPS) is 10.2. The molecule has 0 bridgehead atoms. The first-order chi connectivity index (χ1) is 9.52. The van der Waals surface area contributed by atoms with E-state index < -0.39 is 5.97 Å². The van der Waals surface area contributed by atoms with Crippen LogP contribution in [0.15, 0.2) is 30.3 Å². The van der Waals surface area contributed by atoms with E-state index >= 15 is 0 Å². The molecule has 2 aromatic rings. The molecule has 20 heavy (non-hydrogen) atoms. The van der Waals surface area contributed by atoms with Gasteiger partial charge in [0.2, 0.25) is 0 Å². The third kappa shape index (κ3) is 2.69. The van der Waals surface area contributed by atoms with Crippen molar-refractivity contribution in [3.8, 4) is 0 Å². The Kier molecular flexibility index (Phi) is 3.84. The lowest BCUT2D eigenvalue weighted by molar-refractivity contribution is 0.0597. The lowest BCUT2D eigenvalue weighted by Crippen LogP contribution is -2.18. The molecule has 2 rings (SSSR count). The molecule has 1 aromatic heterocycles. The van der Waals surface area contributed by atoms with Crippen molar-refractivity contribution in [1.29, 1.82) is 0 Å². The minimum absolute atomic E-state index is 0.228. The monoisotopic (exact) mass is 273 g/mol. The van der Waals surface area contributed by atoms with Gasteiger partial charge in [0.15, 0.2) is 0 Å². The third-order valence-electron chi connectivity index (χ3n) is 2.82. The Balaban J connectivity index is 2.30. The van der Waals surface area contributed by atoms with Crippen molar-refractivity contribution in [1.82, 2.24) is 9.78 Å². The van der Waals surface area contributed by atoms with Gasteiger partial charge in [-0.25, -0.2) is 4.79 Å². The molecule has 0 unspecified atom stereocenters. The molecule has 0 saturated heterocycles. The van der Waals surface area contributed by atoms with Crippen molar-refractivity contribution in [3.63, 3.8) is 0 Å². The number of carbonyl (C=O) groups is 2. The minimum atomic E-state index is -0.545. The quantitative estimate of drug-likeness (QED) is 0.865. The minimum Gasteiger partial charge on any atom is -0.465 e. The molecule has 6 nitrogen and oxygen atoms in total. The molecule has 0 saturated carbocycles. The molecule has 0 aliphatic rings. The fraction of sp³-hybridized carbons (Fsp3) is 0.214. The molecule has 0 aliphatic heterocycles. The number of aromatic nitrogens is 2. The highest BCUT2D eigenvalue weighted by Gasteiger charge is 2.18. The van der Waals surface area contributed by atoms with Crippen molar-refractivity contribution in [3.05, 3.63) is 47.2 Å². The number of rotatable bonds is 3. The number of benzene rings is 1. The van der Waals surface area contributed by atoms with Crippen LogP contribution >= 0.6 is 0 Å². The number of nitrogens with zero attached hydrogens (tertiary/aromatic N) is 2. The Morgan fingerprint density at radius 3 is 2.45 bits per heavy atom. The second-order valence-corrected chi connectivity index (χ2v) is 4.29. The molecular weight excluding hydrogens is 258 g/mol. The summed E-state index contributed by atoms with van der Waals surface area (Å²) < 4.78 is 6.23. The molecule has 0 atom stereocenters. The summed E-state index contributed by atoms with van der Waals surface area (Å²) in [6.07, 6.45) is 0. The van der Waals surface area contributed by atoms with Gasteiger partial charge in [0, 0.05) is 13.1 Å². The van der Waals surface area contributed by atoms with Crippen LogP contribution < -0.4 is 5.32 Å². The first kappa shape index (κ1) is 13.8. The Bertz CT molecular complexity index is 661. The maximum Gasteiger partial charge on any atom is 0.338 e. The van der Waals surface area contributed by atoms with Crippen LogP contribution in [0.25, 0.3) is 0 Å². The predicted octanol–water partition coefficient (Wildman–Crippen LogP) is 1.77. The van der Waals surface area contributed by atoms with E-state index in [9.17, 15) is 9.59 Å². The number of nitrogens with one attached hydrogen (secondary N) is 1. The van der Waals surface area contributed by atoms with E-state index in [2.05, 4.69) is 15.2 Å². The van der Waals surface area contributed by atoms with Crippen LogP contribution in [0.5, 0.6) is 0 Å². The van der Waals surface area contributed by atoms with Gasteiger partial charge in [-0.2, -0.15) is 5.10 Å². The summed E-state index contributed by atoms with van der Waals surface area (Å²) in [5.74, 6) is -0.363. The lowest BCUT2D eigenvalue weighted by atomic mass is 10.1. The molecule has 104 valence electrons. The number of carbonyl (C=O) groups excluding carboxylic acids is 2. The number of anilines is 1. The van der Waals surface area contributed by atoms with Gasteiger partial charge in [0.1, 0.15) is 5.82 Å². The first-order valence-electron chi connectivity index (χ1n) is 6.02. The first-order valence-corrected chi connectivity index (χ1v) is 6.02. The van der Waals surface area contributed by atoms with Gasteiger partial charge < -0.3 is 10.1 Å². The zero-order valence-electron chi connectivity index (χ0n) is 11.5. The molecule has 1 amide bonds. The number of amides is 1. The second kappa shape index (κ2) is 5.56. The average molecular weight is 273 g/mol. The SMILES string of the molecule is COC(=O)c1ccccc1C(=O)Nc1cc(C)nn1C. The predicted molar refractivity (Wildman–Crippen MR) is 73.7 cm³/mol. The molecule has 1 aromatic carbocycles. The fourth-order valence-electron chi connectivity index (χ4n) is 1.88. The summed E-state index contributed by atoms with van der Waals surface area (Å²) in [7, 11) is 3.01. The van der Waals surface area contributed by atoms with E-state index in [1.807, 2.05) is 6.92 Å². The summed E-state index contributed by atoms with van der Waals surface area (Å²) in [4.78, 5) is 23.9. The van der Waals surface area contributed by atoms with E-state index in [0.717, 1.165) is 5.69 Å². The van der Waals surface area contributed by atoms with Gasteiger partial charge in [0.05, 0.1) is 23.9 Å². The Labute approximate surface area is 116 Å². The van der Waals surface area contributed by atoms with E-state index in [0.29, 0.717) is 5.82 Å². The molecule has 1 heterocycles. The van der Waals surface area contributed by atoms with Crippen molar-refractivity contribution in [2.45, 2.75) is 6.92 Å². The highest BCUT2D eigenvalue weighted by molar-refractivity contribution is 6.10. The van der Waals surface area contributed by atoms with Gasteiger partial charge in [-0.15, -0.1) is 0 Å². The number of hydrogen-bond acceptors (Lipinski definition) is 4. The molecule has 6 heteroatoms. The van der Waals surface area contributed by atoms with Crippen LogP contribution in [0.3, 0.4) is 0 Å². The Morgan fingerprint density at radius 1 is 1.25 bits per heavy atom. The summed E-state index contributed by atoms with van der Waals surface area (Å²) in [5.41, 5.74) is 1.29.